The van der Waals surface area contributed by atoms with E-state index in [0.29, 0.717) is 11.4 Å². The average molecular weight is 309 g/mol. The summed E-state index contributed by atoms with van der Waals surface area (Å²) in [6, 6.07) is 8.91. The number of methoxy groups -OCH3 is 1. The fourth-order valence-electron chi connectivity index (χ4n) is 1.80. The Balaban J connectivity index is 2.17. The molecule has 0 fully saturated rings. The van der Waals surface area contributed by atoms with Crippen LogP contribution < -0.4 is 15.4 Å². The highest BCUT2D eigenvalue weighted by Gasteiger charge is 2.12. The maximum absolute atomic E-state index is 13.6. The number of carbonyl (C=O) groups is 1. The Labute approximate surface area is 126 Å². The molecule has 2 rings (SSSR count). The molecule has 0 bridgehead atoms. The largest absolute Gasteiger partial charge is 0.495 e. The molecule has 0 saturated heterocycles. The number of anilines is 2. The molecule has 0 unspecified atom stereocenters. The van der Waals surface area contributed by atoms with Crippen molar-refractivity contribution in [3.8, 4) is 5.75 Å². The highest BCUT2D eigenvalue weighted by molar-refractivity contribution is 6.33. The molecule has 0 saturated carbocycles. The van der Waals surface area contributed by atoms with Crippen molar-refractivity contribution in [1.29, 1.82) is 0 Å². The van der Waals surface area contributed by atoms with Crippen LogP contribution in [-0.2, 0) is 0 Å². The zero-order valence-electron chi connectivity index (χ0n) is 11.5. The number of hydrogen-bond donors (Lipinski definition) is 2. The minimum atomic E-state index is -0.606. The molecule has 0 aliphatic heterocycles. The molecule has 21 heavy (non-hydrogen) atoms. The second kappa shape index (κ2) is 6.45. The van der Waals surface area contributed by atoms with E-state index < -0.39 is 11.8 Å². The van der Waals surface area contributed by atoms with Gasteiger partial charge < -0.3 is 15.4 Å². The summed E-state index contributed by atoms with van der Waals surface area (Å²) in [6.45, 7) is 1.89. The predicted octanol–water partition coefficient (Wildman–Crippen LogP) is 4.44. The Morgan fingerprint density at radius 3 is 2.67 bits per heavy atom. The van der Waals surface area contributed by atoms with E-state index in [1.54, 1.807) is 12.1 Å². The van der Waals surface area contributed by atoms with Gasteiger partial charge in [0.05, 0.1) is 23.5 Å². The first-order valence-corrected chi connectivity index (χ1v) is 6.55. The minimum absolute atomic E-state index is 0.0664. The summed E-state index contributed by atoms with van der Waals surface area (Å²) in [5, 5.41) is 5.12. The molecule has 2 aromatic rings. The fourth-order valence-corrected chi connectivity index (χ4v) is 2.01. The number of aryl methyl sites for hydroxylation is 1. The second-order valence-corrected chi connectivity index (χ2v) is 4.79. The number of halogens is 2. The van der Waals surface area contributed by atoms with Gasteiger partial charge in [-0.25, -0.2) is 9.18 Å². The molecule has 0 aromatic heterocycles. The third-order valence-corrected chi connectivity index (χ3v) is 3.12. The summed E-state index contributed by atoms with van der Waals surface area (Å²) in [6.07, 6.45) is 0. The summed E-state index contributed by atoms with van der Waals surface area (Å²) in [5.41, 5.74) is 1.38. The lowest BCUT2D eigenvalue weighted by molar-refractivity contribution is 0.262. The van der Waals surface area contributed by atoms with Crippen LogP contribution in [0, 0.1) is 12.7 Å². The van der Waals surface area contributed by atoms with Crippen LogP contribution in [-0.4, -0.2) is 13.1 Å². The normalized spacial score (nSPS) is 10.1. The van der Waals surface area contributed by atoms with Crippen molar-refractivity contribution in [2.24, 2.45) is 0 Å². The van der Waals surface area contributed by atoms with Crippen LogP contribution in [0.3, 0.4) is 0 Å². The third kappa shape index (κ3) is 3.64. The SMILES string of the molecule is COc1ccc(C)cc1NC(=O)Nc1c(F)cccc1Cl. The maximum atomic E-state index is 13.6. The van der Waals surface area contributed by atoms with E-state index in [0.717, 1.165) is 5.56 Å². The van der Waals surface area contributed by atoms with Crippen LogP contribution in [0.1, 0.15) is 5.56 Å². The Kier molecular flexibility index (Phi) is 4.65. The van der Waals surface area contributed by atoms with Crippen molar-refractivity contribution in [2.45, 2.75) is 6.92 Å². The van der Waals surface area contributed by atoms with Crippen molar-refractivity contribution in [1.82, 2.24) is 0 Å². The molecular formula is C15H14ClFN2O2. The van der Waals surface area contributed by atoms with E-state index in [-0.39, 0.29) is 10.7 Å². The van der Waals surface area contributed by atoms with Crippen molar-refractivity contribution in [3.63, 3.8) is 0 Å². The molecule has 2 N–H and O–H groups in total. The molecule has 2 amide bonds. The van der Waals surface area contributed by atoms with Gasteiger partial charge in [0.15, 0.2) is 0 Å². The third-order valence-electron chi connectivity index (χ3n) is 2.80. The Hall–Kier alpha value is -2.27. The summed E-state index contributed by atoms with van der Waals surface area (Å²) < 4.78 is 18.8. The van der Waals surface area contributed by atoms with Gasteiger partial charge in [-0.1, -0.05) is 23.7 Å². The zero-order valence-corrected chi connectivity index (χ0v) is 12.3. The number of amides is 2. The Morgan fingerprint density at radius 2 is 2.00 bits per heavy atom. The number of rotatable bonds is 3. The van der Waals surface area contributed by atoms with E-state index in [1.807, 2.05) is 13.0 Å². The summed E-state index contributed by atoms with van der Waals surface area (Å²) in [5.74, 6) is -0.0933. The van der Waals surface area contributed by atoms with Gasteiger partial charge >= 0.3 is 6.03 Å². The quantitative estimate of drug-likeness (QED) is 0.880. The van der Waals surface area contributed by atoms with Crippen molar-refractivity contribution < 1.29 is 13.9 Å². The van der Waals surface area contributed by atoms with Gasteiger partial charge in [-0.3, -0.25) is 0 Å². The maximum Gasteiger partial charge on any atom is 0.323 e. The van der Waals surface area contributed by atoms with Gasteiger partial charge in [0.2, 0.25) is 0 Å². The Bertz CT molecular complexity index is 656. The molecule has 0 spiro atoms. The molecule has 0 aliphatic rings. The smallest absolute Gasteiger partial charge is 0.323 e. The Morgan fingerprint density at radius 1 is 1.24 bits per heavy atom. The topological polar surface area (TPSA) is 50.4 Å². The van der Waals surface area contributed by atoms with Crippen molar-refractivity contribution in [2.75, 3.05) is 17.7 Å². The van der Waals surface area contributed by atoms with Gasteiger partial charge in [0, 0.05) is 0 Å². The summed E-state index contributed by atoms with van der Waals surface area (Å²) in [7, 11) is 1.50. The summed E-state index contributed by atoms with van der Waals surface area (Å²) >= 11 is 5.85. The average Bonchev–Trinajstić information content (AvgIpc) is 2.43. The molecule has 0 aliphatic carbocycles. The molecule has 4 nitrogen and oxygen atoms in total. The number of para-hydroxylation sites is 1. The van der Waals surface area contributed by atoms with Crippen LogP contribution in [0.15, 0.2) is 36.4 Å². The van der Waals surface area contributed by atoms with Crippen LogP contribution in [0.2, 0.25) is 5.02 Å². The van der Waals surface area contributed by atoms with Crippen LogP contribution >= 0.6 is 11.6 Å². The number of nitrogens with one attached hydrogen (secondary N) is 2. The molecule has 110 valence electrons. The lowest BCUT2D eigenvalue weighted by atomic mass is 10.2. The van der Waals surface area contributed by atoms with Gasteiger partial charge in [-0.2, -0.15) is 0 Å². The van der Waals surface area contributed by atoms with E-state index >= 15 is 0 Å². The summed E-state index contributed by atoms with van der Waals surface area (Å²) in [4.78, 5) is 12.0. The first-order valence-electron chi connectivity index (χ1n) is 6.18. The van der Waals surface area contributed by atoms with E-state index in [4.69, 9.17) is 16.3 Å². The lowest BCUT2D eigenvalue weighted by Crippen LogP contribution is -2.20. The van der Waals surface area contributed by atoms with Gasteiger partial charge in [-0.05, 0) is 36.8 Å². The lowest BCUT2D eigenvalue weighted by Gasteiger charge is -2.13. The van der Waals surface area contributed by atoms with Gasteiger partial charge in [0.25, 0.3) is 0 Å². The number of ether oxygens (including phenoxy) is 1. The van der Waals surface area contributed by atoms with Gasteiger partial charge in [0.1, 0.15) is 11.6 Å². The van der Waals surface area contributed by atoms with E-state index in [9.17, 15) is 9.18 Å². The minimum Gasteiger partial charge on any atom is -0.495 e. The number of carbonyl (C=O) groups excluding carboxylic acids is 1. The van der Waals surface area contributed by atoms with E-state index in [1.165, 1.54) is 25.3 Å². The van der Waals surface area contributed by atoms with Crippen LogP contribution in [0.5, 0.6) is 5.75 Å². The predicted molar refractivity (Wildman–Crippen MR) is 81.8 cm³/mol. The monoisotopic (exact) mass is 308 g/mol. The van der Waals surface area contributed by atoms with Gasteiger partial charge in [-0.15, -0.1) is 0 Å². The molecule has 6 heteroatoms. The number of urea groups is 1. The molecule has 2 aromatic carbocycles. The second-order valence-electron chi connectivity index (χ2n) is 4.38. The van der Waals surface area contributed by atoms with Crippen LogP contribution in [0.25, 0.3) is 0 Å². The first kappa shape index (κ1) is 15.1. The molecular weight excluding hydrogens is 295 g/mol. The fraction of sp³-hybridized carbons (Fsp3) is 0.133. The number of hydrogen-bond acceptors (Lipinski definition) is 2. The van der Waals surface area contributed by atoms with Crippen molar-refractivity contribution >= 4 is 29.0 Å². The molecule has 0 atom stereocenters. The highest BCUT2D eigenvalue weighted by Crippen LogP contribution is 2.27. The number of benzene rings is 2. The van der Waals surface area contributed by atoms with Crippen LogP contribution in [0.4, 0.5) is 20.6 Å². The zero-order chi connectivity index (χ0) is 15.4. The first-order chi connectivity index (χ1) is 10.0. The molecule has 0 radical (unpaired) electrons. The van der Waals surface area contributed by atoms with Crippen molar-refractivity contribution in [3.05, 3.63) is 52.8 Å². The van der Waals surface area contributed by atoms with E-state index in [2.05, 4.69) is 10.6 Å². The standard InChI is InChI=1S/C15H14ClFN2O2/c1-9-6-7-13(21-2)12(8-9)18-15(20)19-14-10(16)4-3-5-11(14)17/h3-8H,1-2H3,(H2,18,19,20). The highest BCUT2D eigenvalue weighted by atomic mass is 35.5. The molecule has 0 heterocycles.